The summed E-state index contributed by atoms with van der Waals surface area (Å²) in [6, 6.07) is 1.89. The highest BCUT2D eigenvalue weighted by atomic mass is 79.9. The van der Waals surface area contributed by atoms with E-state index in [1.807, 2.05) is 26.0 Å². The number of nitrogens with zero attached hydrogens (tertiary/aromatic N) is 1. The van der Waals surface area contributed by atoms with E-state index in [-0.39, 0.29) is 0 Å². The summed E-state index contributed by atoms with van der Waals surface area (Å²) in [6.07, 6.45) is 3.82. The molecule has 0 aromatic carbocycles. The fourth-order valence-corrected chi connectivity index (χ4v) is 1.11. The molecule has 1 heterocycles. The number of nitrogen functional groups attached to an aromatic ring is 1. The molecule has 0 atom stereocenters. The van der Waals surface area contributed by atoms with Gasteiger partial charge in [-0.05, 0) is 41.4 Å². The third-order valence-electron chi connectivity index (χ3n) is 1.34. The van der Waals surface area contributed by atoms with E-state index in [4.69, 9.17) is 5.73 Å². The van der Waals surface area contributed by atoms with Crippen LogP contribution in [0, 0.1) is 0 Å². The van der Waals surface area contributed by atoms with Crippen LogP contribution in [0.5, 0.6) is 0 Å². The first kappa shape index (κ1) is 9.26. The summed E-state index contributed by atoms with van der Waals surface area (Å²) in [6.45, 7) is 4.08. The Balaban J connectivity index is 3.05. The van der Waals surface area contributed by atoms with Gasteiger partial charge in [-0.2, -0.15) is 0 Å². The summed E-state index contributed by atoms with van der Waals surface area (Å²) in [4.78, 5) is 4.08. The quantitative estimate of drug-likeness (QED) is 0.749. The second-order valence-corrected chi connectivity index (χ2v) is 3.62. The Morgan fingerprint density at radius 2 is 2.25 bits per heavy atom. The molecule has 2 N–H and O–H groups in total. The summed E-state index contributed by atoms with van der Waals surface area (Å²) < 4.78 is 0.702. The van der Waals surface area contributed by atoms with Crippen LogP contribution >= 0.6 is 15.9 Å². The average Bonchev–Trinajstić information content (AvgIpc) is 1.96. The number of allylic oxidation sites excluding steroid dienone is 1. The van der Waals surface area contributed by atoms with Gasteiger partial charge in [0.25, 0.3) is 0 Å². The maximum atomic E-state index is 5.66. The van der Waals surface area contributed by atoms with Crippen molar-refractivity contribution in [1.82, 2.24) is 4.98 Å². The maximum Gasteiger partial charge on any atom is 0.128 e. The fraction of sp³-hybridized carbons (Fsp3) is 0.222. The topological polar surface area (TPSA) is 38.9 Å². The smallest absolute Gasteiger partial charge is 0.128 e. The molecule has 0 bridgehead atoms. The molecule has 1 aromatic rings. The number of anilines is 1. The van der Waals surface area contributed by atoms with Crippen LogP contribution in [-0.4, -0.2) is 4.98 Å². The molecule has 0 saturated carbocycles. The number of rotatable bonds is 1. The third kappa shape index (κ3) is 2.34. The molecule has 0 radical (unpaired) electrons. The summed E-state index contributed by atoms with van der Waals surface area (Å²) in [5.74, 6) is 0. The van der Waals surface area contributed by atoms with Crippen LogP contribution < -0.4 is 5.73 Å². The molecule has 0 fully saturated rings. The molecular formula is C9H11BrN2. The van der Waals surface area contributed by atoms with E-state index >= 15 is 0 Å². The Labute approximate surface area is 80.6 Å². The second kappa shape index (κ2) is 3.72. The van der Waals surface area contributed by atoms with E-state index in [9.17, 15) is 0 Å². The summed E-state index contributed by atoms with van der Waals surface area (Å²) in [7, 11) is 0. The minimum atomic E-state index is 0.671. The largest absolute Gasteiger partial charge is 0.397 e. The average molecular weight is 227 g/mol. The van der Waals surface area contributed by atoms with Gasteiger partial charge in [-0.15, -0.1) is 0 Å². The van der Waals surface area contributed by atoms with Crippen LogP contribution in [0.4, 0.5) is 5.69 Å². The van der Waals surface area contributed by atoms with Gasteiger partial charge in [0, 0.05) is 6.20 Å². The van der Waals surface area contributed by atoms with E-state index in [2.05, 4.69) is 20.9 Å². The van der Waals surface area contributed by atoms with Gasteiger partial charge in [-0.25, -0.2) is 4.98 Å². The van der Waals surface area contributed by atoms with Gasteiger partial charge in [0.15, 0.2) is 0 Å². The highest BCUT2D eigenvalue weighted by Crippen LogP contribution is 2.18. The van der Waals surface area contributed by atoms with Crippen LogP contribution in [0.1, 0.15) is 19.4 Å². The monoisotopic (exact) mass is 226 g/mol. The lowest BCUT2D eigenvalue weighted by Gasteiger charge is -1.98. The number of hydrogen-bond donors (Lipinski definition) is 1. The molecule has 12 heavy (non-hydrogen) atoms. The molecule has 0 spiro atoms. The van der Waals surface area contributed by atoms with Crippen molar-refractivity contribution < 1.29 is 0 Å². The first-order valence-corrected chi connectivity index (χ1v) is 4.45. The van der Waals surface area contributed by atoms with E-state index < -0.39 is 0 Å². The van der Waals surface area contributed by atoms with Gasteiger partial charge in [0.1, 0.15) is 4.60 Å². The molecule has 64 valence electrons. The molecule has 0 saturated heterocycles. The van der Waals surface area contributed by atoms with Crippen molar-refractivity contribution in [3.63, 3.8) is 0 Å². The van der Waals surface area contributed by atoms with Crippen molar-refractivity contribution in [2.24, 2.45) is 0 Å². The lowest BCUT2D eigenvalue weighted by molar-refractivity contribution is 1.27. The van der Waals surface area contributed by atoms with Crippen molar-refractivity contribution in [3.05, 3.63) is 28.0 Å². The van der Waals surface area contributed by atoms with Crippen molar-refractivity contribution >= 4 is 27.7 Å². The molecule has 0 unspecified atom stereocenters. The summed E-state index contributed by atoms with van der Waals surface area (Å²) in [5, 5.41) is 0. The predicted octanol–water partition coefficient (Wildman–Crippen LogP) is 2.85. The molecule has 2 nitrogen and oxygen atoms in total. The van der Waals surface area contributed by atoms with Gasteiger partial charge >= 0.3 is 0 Å². The van der Waals surface area contributed by atoms with E-state index in [0.717, 1.165) is 5.56 Å². The Morgan fingerprint density at radius 3 is 2.75 bits per heavy atom. The minimum absolute atomic E-state index is 0.671. The fourth-order valence-electron chi connectivity index (χ4n) is 0.894. The van der Waals surface area contributed by atoms with Crippen molar-refractivity contribution in [2.45, 2.75) is 13.8 Å². The first-order valence-electron chi connectivity index (χ1n) is 3.65. The first-order chi connectivity index (χ1) is 5.59. The van der Waals surface area contributed by atoms with Crippen LogP contribution in [0.25, 0.3) is 6.08 Å². The number of hydrogen-bond acceptors (Lipinski definition) is 2. The molecule has 3 heteroatoms. The number of pyridine rings is 1. The zero-order chi connectivity index (χ0) is 9.14. The van der Waals surface area contributed by atoms with Crippen molar-refractivity contribution in [1.29, 1.82) is 0 Å². The molecule has 0 aliphatic rings. The highest BCUT2D eigenvalue weighted by molar-refractivity contribution is 9.10. The Hall–Kier alpha value is -0.830. The zero-order valence-electron chi connectivity index (χ0n) is 7.13. The van der Waals surface area contributed by atoms with Crippen LogP contribution in [0.2, 0.25) is 0 Å². The van der Waals surface area contributed by atoms with Gasteiger partial charge < -0.3 is 5.73 Å². The van der Waals surface area contributed by atoms with Gasteiger partial charge in [-0.3, -0.25) is 0 Å². The Bertz CT molecular complexity index is 314. The predicted molar refractivity (Wildman–Crippen MR) is 55.7 cm³/mol. The number of halogens is 1. The molecule has 0 amide bonds. The van der Waals surface area contributed by atoms with E-state index in [1.54, 1.807) is 6.20 Å². The van der Waals surface area contributed by atoms with Crippen molar-refractivity contribution in [3.8, 4) is 0 Å². The molecular weight excluding hydrogens is 216 g/mol. The summed E-state index contributed by atoms with van der Waals surface area (Å²) in [5.41, 5.74) is 8.60. The van der Waals surface area contributed by atoms with E-state index in [0.29, 0.717) is 10.3 Å². The molecule has 0 aliphatic carbocycles. The number of aromatic nitrogens is 1. The van der Waals surface area contributed by atoms with E-state index in [1.165, 1.54) is 5.57 Å². The highest BCUT2D eigenvalue weighted by Gasteiger charge is 1.96. The zero-order valence-corrected chi connectivity index (χ0v) is 8.72. The van der Waals surface area contributed by atoms with Gasteiger partial charge in [-0.1, -0.05) is 11.6 Å². The lowest BCUT2D eigenvalue weighted by atomic mass is 10.2. The lowest BCUT2D eigenvalue weighted by Crippen LogP contribution is -1.90. The number of nitrogens with two attached hydrogens (primary N) is 1. The van der Waals surface area contributed by atoms with Crippen LogP contribution in [0.3, 0.4) is 0 Å². The second-order valence-electron chi connectivity index (χ2n) is 2.87. The SMILES string of the molecule is CC(C)=Cc1cnc(Br)c(N)c1. The molecule has 0 aliphatic heterocycles. The molecule has 1 aromatic heterocycles. The van der Waals surface area contributed by atoms with Gasteiger partial charge in [0.2, 0.25) is 0 Å². The maximum absolute atomic E-state index is 5.66. The summed E-state index contributed by atoms with van der Waals surface area (Å²) >= 11 is 3.24. The minimum Gasteiger partial charge on any atom is -0.397 e. The normalized spacial score (nSPS) is 9.58. The van der Waals surface area contributed by atoms with Crippen molar-refractivity contribution in [2.75, 3.05) is 5.73 Å². The van der Waals surface area contributed by atoms with Crippen LogP contribution in [-0.2, 0) is 0 Å². The third-order valence-corrected chi connectivity index (χ3v) is 2.01. The standard InChI is InChI=1S/C9H11BrN2/c1-6(2)3-7-4-8(11)9(10)12-5-7/h3-5H,11H2,1-2H3. The Morgan fingerprint density at radius 1 is 1.58 bits per heavy atom. The Kier molecular flexibility index (Phi) is 2.87. The van der Waals surface area contributed by atoms with Crippen LogP contribution in [0.15, 0.2) is 22.4 Å². The van der Waals surface area contributed by atoms with Gasteiger partial charge in [0.05, 0.1) is 5.69 Å². The molecule has 1 rings (SSSR count).